The molecule has 0 bridgehead atoms. The van der Waals surface area contributed by atoms with Crippen LogP contribution >= 0.6 is 0 Å². The number of rotatable bonds is 1. The number of para-hydroxylation sites is 1. The number of hydrogen-bond acceptors (Lipinski definition) is 2. The van der Waals surface area contributed by atoms with E-state index < -0.39 is 0 Å². The van der Waals surface area contributed by atoms with E-state index in [0.29, 0.717) is 0 Å². The maximum absolute atomic E-state index is 12.8. The van der Waals surface area contributed by atoms with Crippen molar-refractivity contribution in [1.82, 2.24) is 0 Å². The number of fused-ring (bicyclic) bond motifs is 1. The number of aryl methyl sites for hydroxylation is 2. The van der Waals surface area contributed by atoms with Crippen LogP contribution in [0.3, 0.4) is 0 Å². The summed E-state index contributed by atoms with van der Waals surface area (Å²) in [6.45, 7) is 8.06. The molecule has 3 heteroatoms. The normalized spacial score (nSPS) is 25.6. The number of imide groups is 1. The summed E-state index contributed by atoms with van der Waals surface area (Å²) in [6.07, 6.45) is 1.45. The lowest BCUT2D eigenvalue weighted by Crippen LogP contribution is -2.32. The van der Waals surface area contributed by atoms with Crippen LogP contribution in [0.25, 0.3) is 0 Å². The molecule has 1 aromatic carbocycles. The van der Waals surface area contributed by atoms with Crippen LogP contribution in [-0.4, -0.2) is 11.8 Å². The van der Waals surface area contributed by atoms with Crippen molar-refractivity contribution in [2.24, 2.45) is 11.8 Å². The van der Waals surface area contributed by atoms with Crippen molar-refractivity contribution in [2.45, 2.75) is 40.5 Å². The first-order valence-corrected chi connectivity index (χ1v) is 7.51. The molecule has 2 atom stereocenters. The summed E-state index contributed by atoms with van der Waals surface area (Å²) in [5.74, 6) is -0.371. The number of amides is 2. The van der Waals surface area contributed by atoms with Crippen molar-refractivity contribution in [3.8, 4) is 0 Å². The van der Waals surface area contributed by atoms with Gasteiger partial charge < -0.3 is 0 Å². The molecule has 21 heavy (non-hydrogen) atoms. The van der Waals surface area contributed by atoms with Crippen LogP contribution in [0, 0.1) is 25.7 Å². The van der Waals surface area contributed by atoms with E-state index in [2.05, 4.69) is 13.8 Å². The lowest BCUT2D eigenvalue weighted by molar-refractivity contribution is -0.122. The summed E-state index contributed by atoms with van der Waals surface area (Å²) in [4.78, 5) is 27.0. The molecule has 3 nitrogen and oxygen atoms in total. The number of carbonyl (C=O) groups is 2. The minimum absolute atomic E-state index is 0.0192. The highest BCUT2D eigenvalue weighted by molar-refractivity contribution is 6.23. The Hall–Kier alpha value is -1.90. The summed E-state index contributed by atoms with van der Waals surface area (Å²) < 4.78 is 0. The Labute approximate surface area is 125 Å². The van der Waals surface area contributed by atoms with Crippen molar-refractivity contribution in [2.75, 3.05) is 4.90 Å². The lowest BCUT2D eigenvalue weighted by Gasteiger charge is -2.23. The highest BCUT2D eigenvalue weighted by Gasteiger charge is 2.50. The Kier molecular flexibility index (Phi) is 3.23. The van der Waals surface area contributed by atoms with E-state index in [4.69, 9.17) is 0 Å². The van der Waals surface area contributed by atoms with Crippen LogP contribution in [0.15, 0.2) is 29.3 Å². The molecular formula is C18H21NO2. The van der Waals surface area contributed by atoms with Gasteiger partial charge in [-0.2, -0.15) is 0 Å². The largest absolute Gasteiger partial charge is 0.274 e. The first kappa shape index (κ1) is 14.1. The van der Waals surface area contributed by atoms with Crippen LogP contribution in [0.2, 0.25) is 0 Å². The quantitative estimate of drug-likeness (QED) is 0.584. The topological polar surface area (TPSA) is 37.4 Å². The van der Waals surface area contributed by atoms with Crippen molar-refractivity contribution in [1.29, 1.82) is 0 Å². The molecule has 1 aliphatic heterocycles. The second-order valence-electron chi connectivity index (χ2n) is 6.43. The number of anilines is 1. The van der Waals surface area contributed by atoms with Gasteiger partial charge in [0.15, 0.2) is 0 Å². The molecule has 1 aromatic rings. The maximum atomic E-state index is 12.8. The number of nitrogens with zero attached hydrogens (tertiary/aromatic N) is 1. The third-order valence-corrected chi connectivity index (χ3v) is 5.00. The van der Waals surface area contributed by atoms with Gasteiger partial charge in [0, 0.05) is 0 Å². The predicted octanol–water partition coefficient (Wildman–Crippen LogP) is 3.54. The van der Waals surface area contributed by atoms with Crippen LogP contribution in [0.5, 0.6) is 0 Å². The van der Waals surface area contributed by atoms with E-state index in [9.17, 15) is 9.59 Å². The van der Waals surface area contributed by atoms with E-state index in [1.165, 1.54) is 16.0 Å². The lowest BCUT2D eigenvalue weighted by atomic mass is 9.78. The van der Waals surface area contributed by atoms with Crippen LogP contribution in [0.4, 0.5) is 5.69 Å². The third kappa shape index (κ3) is 2.03. The molecule has 0 aromatic heterocycles. The highest BCUT2D eigenvalue weighted by atomic mass is 16.2. The maximum Gasteiger partial charge on any atom is 0.238 e. The Balaban J connectivity index is 2.05. The molecule has 1 saturated heterocycles. The molecule has 0 N–H and O–H groups in total. The molecule has 0 unspecified atom stereocenters. The standard InChI is InChI=1S/C18H21NO2/c1-10-6-5-7-11(2)16(10)19-17(20)14-8-12(3)13(4)9-15(14)18(19)21/h5-7,14-15H,8-9H2,1-4H3/t14-,15-/m1/s1. The van der Waals surface area contributed by atoms with Crippen molar-refractivity contribution < 1.29 is 9.59 Å². The second-order valence-corrected chi connectivity index (χ2v) is 6.43. The Morgan fingerprint density at radius 2 is 1.29 bits per heavy atom. The van der Waals surface area contributed by atoms with Gasteiger partial charge in [-0.1, -0.05) is 29.3 Å². The number of carbonyl (C=O) groups excluding carboxylic acids is 2. The highest BCUT2D eigenvalue weighted by Crippen LogP contribution is 2.43. The minimum atomic E-state index is -0.166. The van der Waals surface area contributed by atoms with Crippen molar-refractivity contribution in [3.05, 3.63) is 40.5 Å². The minimum Gasteiger partial charge on any atom is -0.274 e. The Morgan fingerprint density at radius 3 is 1.71 bits per heavy atom. The summed E-state index contributed by atoms with van der Waals surface area (Å²) in [6, 6.07) is 5.88. The van der Waals surface area contributed by atoms with E-state index in [1.54, 1.807) is 0 Å². The fourth-order valence-electron chi connectivity index (χ4n) is 3.63. The Bertz CT molecular complexity index is 620. The molecule has 3 rings (SSSR count). The van der Waals surface area contributed by atoms with Crippen molar-refractivity contribution >= 4 is 17.5 Å². The number of hydrogen-bond donors (Lipinski definition) is 0. The zero-order valence-electron chi connectivity index (χ0n) is 13.1. The van der Waals surface area contributed by atoms with Gasteiger partial charge in [0.1, 0.15) is 0 Å². The average molecular weight is 283 g/mol. The fraction of sp³-hybridized carbons (Fsp3) is 0.444. The molecule has 110 valence electrons. The van der Waals surface area contributed by atoms with Crippen LogP contribution in [-0.2, 0) is 9.59 Å². The van der Waals surface area contributed by atoms with E-state index in [-0.39, 0.29) is 23.7 Å². The Morgan fingerprint density at radius 1 is 0.857 bits per heavy atom. The second kappa shape index (κ2) is 4.83. The van der Waals surface area contributed by atoms with Crippen LogP contribution < -0.4 is 4.90 Å². The zero-order chi connectivity index (χ0) is 15.3. The predicted molar refractivity (Wildman–Crippen MR) is 83.0 cm³/mol. The van der Waals surface area contributed by atoms with Gasteiger partial charge in [0.05, 0.1) is 17.5 Å². The van der Waals surface area contributed by atoms with E-state index in [1.807, 2.05) is 32.0 Å². The molecule has 2 amide bonds. The van der Waals surface area contributed by atoms with Gasteiger partial charge in [0.2, 0.25) is 11.8 Å². The van der Waals surface area contributed by atoms with E-state index in [0.717, 1.165) is 29.7 Å². The molecule has 0 spiro atoms. The average Bonchev–Trinajstić information content (AvgIpc) is 2.65. The number of benzene rings is 1. The SMILES string of the molecule is CC1=C(C)C[C@H]2C(=O)N(c3c(C)cccc3C)C(=O)[C@@H]2C1. The molecule has 1 aliphatic carbocycles. The van der Waals surface area contributed by atoms with Gasteiger partial charge >= 0.3 is 0 Å². The third-order valence-electron chi connectivity index (χ3n) is 5.00. The fourth-order valence-corrected chi connectivity index (χ4v) is 3.63. The molecule has 1 fully saturated rings. The molecule has 1 heterocycles. The molecule has 0 saturated carbocycles. The van der Waals surface area contributed by atoms with Gasteiger partial charge in [0.25, 0.3) is 0 Å². The van der Waals surface area contributed by atoms with Gasteiger partial charge in [-0.15, -0.1) is 0 Å². The summed E-state index contributed by atoms with van der Waals surface area (Å²) in [5.41, 5.74) is 5.28. The molecular weight excluding hydrogens is 262 g/mol. The summed E-state index contributed by atoms with van der Waals surface area (Å²) >= 11 is 0. The smallest absolute Gasteiger partial charge is 0.238 e. The van der Waals surface area contributed by atoms with E-state index >= 15 is 0 Å². The number of allylic oxidation sites excluding steroid dienone is 2. The summed E-state index contributed by atoms with van der Waals surface area (Å²) in [5, 5.41) is 0. The van der Waals surface area contributed by atoms with Gasteiger partial charge in [-0.05, 0) is 51.7 Å². The molecule has 2 aliphatic rings. The zero-order valence-corrected chi connectivity index (χ0v) is 13.1. The van der Waals surface area contributed by atoms with Crippen LogP contribution in [0.1, 0.15) is 37.8 Å². The van der Waals surface area contributed by atoms with Gasteiger partial charge in [-0.25, -0.2) is 4.90 Å². The first-order valence-electron chi connectivity index (χ1n) is 7.51. The molecule has 0 radical (unpaired) electrons. The van der Waals surface area contributed by atoms with Crippen molar-refractivity contribution in [3.63, 3.8) is 0 Å². The summed E-state index contributed by atoms with van der Waals surface area (Å²) in [7, 11) is 0. The monoisotopic (exact) mass is 283 g/mol. The first-order chi connectivity index (χ1) is 9.91. The van der Waals surface area contributed by atoms with Gasteiger partial charge in [-0.3, -0.25) is 9.59 Å².